The van der Waals surface area contributed by atoms with Crippen molar-refractivity contribution < 1.29 is 13.5 Å². The molecule has 1 fully saturated rings. The molecule has 1 aliphatic rings. The van der Waals surface area contributed by atoms with Crippen LogP contribution >= 0.6 is 0 Å². The van der Waals surface area contributed by atoms with Gasteiger partial charge in [-0.3, -0.25) is 0 Å². The average molecular weight is 233 g/mol. The van der Waals surface area contributed by atoms with Gasteiger partial charge >= 0.3 is 0 Å². The average Bonchev–Trinajstić information content (AvgIpc) is 2.64. The molecule has 1 N–H and O–H groups in total. The van der Waals surface area contributed by atoms with E-state index >= 15 is 0 Å². The fraction of sp³-hybridized carbons (Fsp3) is 0.800. The van der Waals surface area contributed by atoms with Crippen molar-refractivity contribution >= 4 is 10.0 Å². The Morgan fingerprint density at radius 1 is 1.67 bits per heavy atom. The van der Waals surface area contributed by atoms with Crippen molar-refractivity contribution in [2.75, 3.05) is 18.8 Å². The van der Waals surface area contributed by atoms with Gasteiger partial charge in [-0.25, -0.2) is 12.7 Å². The molecule has 88 valence electrons. The van der Waals surface area contributed by atoms with Crippen molar-refractivity contribution in [1.29, 1.82) is 0 Å². The Bertz CT molecular complexity index is 311. The molecule has 4 nitrogen and oxygen atoms in total. The largest absolute Gasteiger partial charge is 0.393 e. The van der Waals surface area contributed by atoms with Gasteiger partial charge in [0.1, 0.15) is 0 Å². The van der Waals surface area contributed by atoms with Crippen LogP contribution in [-0.2, 0) is 10.0 Å². The molecule has 1 aliphatic heterocycles. The highest BCUT2D eigenvalue weighted by Crippen LogP contribution is 2.22. The first-order chi connectivity index (χ1) is 6.97. The highest BCUT2D eigenvalue weighted by atomic mass is 32.2. The van der Waals surface area contributed by atoms with Crippen molar-refractivity contribution in [2.45, 2.75) is 25.9 Å². The minimum Gasteiger partial charge on any atom is -0.393 e. The van der Waals surface area contributed by atoms with Crippen LogP contribution in [0.1, 0.15) is 19.8 Å². The highest BCUT2D eigenvalue weighted by molar-refractivity contribution is 7.89. The molecule has 0 aromatic rings. The second-order valence-corrected chi connectivity index (χ2v) is 6.13. The molecule has 0 spiro atoms. The molecule has 0 aliphatic carbocycles. The molecule has 0 amide bonds. The second-order valence-electron chi connectivity index (χ2n) is 4.04. The van der Waals surface area contributed by atoms with Crippen LogP contribution in [0.25, 0.3) is 0 Å². The number of hydrogen-bond donors (Lipinski definition) is 1. The summed E-state index contributed by atoms with van der Waals surface area (Å²) in [6.07, 6.45) is 2.42. The van der Waals surface area contributed by atoms with E-state index in [2.05, 4.69) is 6.58 Å². The maximum Gasteiger partial charge on any atom is 0.214 e. The molecule has 0 radical (unpaired) electrons. The Morgan fingerprint density at radius 3 is 2.80 bits per heavy atom. The number of aliphatic hydroxyl groups is 1. The van der Waals surface area contributed by atoms with Crippen molar-refractivity contribution in [2.24, 2.45) is 5.92 Å². The minimum absolute atomic E-state index is 0.0866. The summed E-state index contributed by atoms with van der Waals surface area (Å²) >= 11 is 0. The third kappa shape index (κ3) is 3.29. The Labute approximate surface area is 91.6 Å². The molecule has 2 unspecified atom stereocenters. The lowest BCUT2D eigenvalue weighted by molar-refractivity contribution is 0.133. The fourth-order valence-electron chi connectivity index (χ4n) is 1.76. The van der Waals surface area contributed by atoms with E-state index in [0.717, 1.165) is 6.42 Å². The standard InChI is InChI=1S/C10H19NO3S/c1-3-4-7-15(13,14)11-6-5-10(8-11)9(2)12/h3,9-10,12H,1,4-8H2,2H3. The van der Waals surface area contributed by atoms with Crippen LogP contribution in [0.4, 0.5) is 0 Å². The number of aliphatic hydroxyl groups excluding tert-OH is 1. The van der Waals surface area contributed by atoms with Crippen LogP contribution in [0, 0.1) is 5.92 Å². The molecule has 5 heteroatoms. The summed E-state index contributed by atoms with van der Waals surface area (Å²) < 4.78 is 25.0. The lowest BCUT2D eigenvalue weighted by Crippen LogP contribution is -2.32. The number of hydrogen-bond acceptors (Lipinski definition) is 3. The highest BCUT2D eigenvalue weighted by Gasteiger charge is 2.32. The monoisotopic (exact) mass is 233 g/mol. The SMILES string of the molecule is C=CCCS(=O)(=O)N1CCC(C(C)O)C1. The molecule has 0 aromatic heterocycles. The van der Waals surface area contributed by atoms with Gasteiger partial charge in [-0.05, 0) is 25.7 Å². The van der Waals surface area contributed by atoms with E-state index in [1.807, 2.05) is 0 Å². The minimum atomic E-state index is -3.14. The van der Waals surface area contributed by atoms with Gasteiger partial charge in [0.2, 0.25) is 10.0 Å². The molecule has 1 rings (SSSR count). The van der Waals surface area contributed by atoms with Gasteiger partial charge in [0.15, 0.2) is 0 Å². The number of rotatable bonds is 5. The lowest BCUT2D eigenvalue weighted by Gasteiger charge is -2.17. The Balaban J connectivity index is 2.56. The van der Waals surface area contributed by atoms with Gasteiger partial charge in [-0.2, -0.15) is 0 Å². The zero-order chi connectivity index (χ0) is 11.5. The molecule has 1 heterocycles. The van der Waals surface area contributed by atoms with Crippen LogP contribution < -0.4 is 0 Å². The molecule has 2 atom stereocenters. The van der Waals surface area contributed by atoms with Crippen LogP contribution in [0.2, 0.25) is 0 Å². The first kappa shape index (κ1) is 12.7. The van der Waals surface area contributed by atoms with Crippen molar-refractivity contribution in [3.8, 4) is 0 Å². The summed E-state index contributed by atoms with van der Waals surface area (Å²) in [6, 6.07) is 0. The van der Waals surface area contributed by atoms with E-state index < -0.39 is 16.1 Å². The summed E-state index contributed by atoms with van der Waals surface area (Å²) in [6.45, 7) is 6.22. The van der Waals surface area contributed by atoms with E-state index in [1.165, 1.54) is 4.31 Å². The van der Waals surface area contributed by atoms with Crippen LogP contribution in [0.3, 0.4) is 0 Å². The van der Waals surface area contributed by atoms with Gasteiger partial charge in [0, 0.05) is 13.1 Å². The maximum absolute atomic E-state index is 11.8. The first-order valence-corrected chi connectivity index (χ1v) is 6.85. The van der Waals surface area contributed by atoms with Crippen molar-refractivity contribution in [1.82, 2.24) is 4.31 Å². The molecule has 0 aromatic carbocycles. The fourth-order valence-corrected chi connectivity index (χ4v) is 3.29. The van der Waals surface area contributed by atoms with Crippen LogP contribution in [0.15, 0.2) is 12.7 Å². The zero-order valence-corrected chi connectivity index (χ0v) is 9.91. The quantitative estimate of drug-likeness (QED) is 0.707. The molecule has 15 heavy (non-hydrogen) atoms. The Kier molecular flexibility index (Phi) is 4.31. The predicted octanol–water partition coefficient (Wildman–Crippen LogP) is 0.595. The van der Waals surface area contributed by atoms with E-state index in [4.69, 9.17) is 0 Å². The maximum atomic E-state index is 11.8. The second kappa shape index (κ2) is 5.09. The summed E-state index contributed by atoms with van der Waals surface area (Å²) in [5, 5.41) is 9.37. The van der Waals surface area contributed by atoms with Gasteiger partial charge in [-0.1, -0.05) is 6.08 Å². The number of nitrogens with zero attached hydrogens (tertiary/aromatic N) is 1. The van der Waals surface area contributed by atoms with Crippen LogP contribution in [-0.4, -0.2) is 42.8 Å². The third-order valence-electron chi connectivity index (χ3n) is 2.84. The number of sulfonamides is 1. The summed E-state index contributed by atoms with van der Waals surface area (Å²) in [4.78, 5) is 0. The molecule has 1 saturated heterocycles. The van der Waals surface area contributed by atoms with Crippen LogP contribution in [0.5, 0.6) is 0 Å². The normalized spacial score (nSPS) is 25.3. The van der Waals surface area contributed by atoms with E-state index in [-0.39, 0.29) is 11.7 Å². The molecule has 0 bridgehead atoms. The first-order valence-electron chi connectivity index (χ1n) is 5.24. The summed E-state index contributed by atoms with van der Waals surface area (Å²) in [5.74, 6) is 0.215. The number of allylic oxidation sites excluding steroid dienone is 1. The summed E-state index contributed by atoms with van der Waals surface area (Å²) in [5.41, 5.74) is 0. The summed E-state index contributed by atoms with van der Waals surface area (Å²) in [7, 11) is -3.14. The Hall–Kier alpha value is -0.390. The molecule has 0 saturated carbocycles. The van der Waals surface area contributed by atoms with Gasteiger partial charge in [-0.15, -0.1) is 6.58 Å². The Morgan fingerprint density at radius 2 is 2.33 bits per heavy atom. The van der Waals surface area contributed by atoms with E-state index in [9.17, 15) is 13.5 Å². The van der Waals surface area contributed by atoms with Gasteiger partial charge in [0.05, 0.1) is 11.9 Å². The van der Waals surface area contributed by atoms with Gasteiger partial charge in [0.25, 0.3) is 0 Å². The predicted molar refractivity (Wildman–Crippen MR) is 60.0 cm³/mol. The van der Waals surface area contributed by atoms with Crippen molar-refractivity contribution in [3.05, 3.63) is 12.7 Å². The smallest absolute Gasteiger partial charge is 0.214 e. The lowest BCUT2D eigenvalue weighted by atomic mass is 10.0. The van der Waals surface area contributed by atoms with E-state index in [1.54, 1.807) is 13.0 Å². The van der Waals surface area contributed by atoms with E-state index in [0.29, 0.717) is 19.5 Å². The van der Waals surface area contributed by atoms with Crippen molar-refractivity contribution in [3.63, 3.8) is 0 Å². The zero-order valence-electron chi connectivity index (χ0n) is 9.09. The molecular weight excluding hydrogens is 214 g/mol. The third-order valence-corrected chi connectivity index (χ3v) is 4.71. The molecular formula is C10H19NO3S. The van der Waals surface area contributed by atoms with Gasteiger partial charge < -0.3 is 5.11 Å². The topological polar surface area (TPSA) is 57.6 Å².